The number of amides is 2. The molecule has 9 heteroatoms. The minimum Gasteiger partial charge on any atom is -0.493 e. The van der Waals surface area contributed by atoms with Gasteiger partial charge in [0.2, 0.25) is 0 Å². The van der Waals surface area contributed by atoms with Gasteiger partial charge in [0, 0.05) is 0 Å². The van der Waals surface area contributed by atoms with Gasteiger partial charge in [0.15, 0.2) is 16.6 Å². The van der Waals surface area contributed by atoms with Crippen molar-refractivity contribution in [3.8, 4) is 11.5 Å². The Morgan fingerprint density at radius 1 is 1.03 bits per heavy atom. The van der Waals surface area contributed by atoms with Crippen molar-refractivity contribution in [2.75, 3.05) is 12.0 Å². The average Bonchev–Trinajstić information content (AvgIpc) is 2.90. The molecular weight excluding hydrogens is 492 g/mol. The molecule has 2 amide bonds. The summed E-state index contributed by atoms with van der Waals surface area (Å²) in [6.45, 7) is 2.16. The molecule has 0 bridgehead atoms. The van der Waals surface area contributed by atoms with E-state index in [0.29, 0.717) is 28.3 Å². The lowest BCUT2D eigenvalue weighted by Gasteiger charge is -2.29. The third kappa shape index (κ3) is 5.68. The first-order valence-electron chi connectivity index (χ1n) is 11.4. The Morgan fingerprint density at radius 2 is 1.78 bits per heavy atom. The minimum absolute atomic E-state index is 0.0182. The fourth-order valence-corrected chi connectivity index (χ4v) is 4.07. The minimum atomic E-state index is -1.02. The standard InChI is InChI=1S/C28H24N2O6S/c1-3-17-7-10-21(11-8-17)30-26(32)22(25(31)29-28(30)37)14-18-9-12-23(24(15-18)35-2)36-16-19-5-4-6-20(13-19)27(33)34/h4-15H,3,16H2,1-2H3,(H,33,34)(H,29,31,37). The molecule has 0 saturated carbocycles. The van der Waals surface area contributed by atoms with E-state index in [0.717, 1.165) is 12.0 Å². The van der Waals surface area contributed by atoms with Crippen molar-refractivity contribution >= 4 is 46.9 Å². The Kier molecular flexibility index (Phi) is 7.64. The second kappa shape index (κ2) is 11.0. The first kappa shape index (κ1) is 25.6. The molecule has 0 atom stereocenters. The number of benzene rings is 3. The normalized spacial score (nSPS) is 14.5. The zero-order valence-electron chi connectivity index (χ0n) is 20.2. The van der Waals surface area contributed by atoms with Crippen LogP contribution in [0.15, 0.2) is 72.3 Å². The lowest BCUT2D eigenvalue weighted by molar-refractivity contribution is -0.122. The highest BCUT2D eigenvalue weighted by molar-refractivity contribution is 7.80. The van der Waals surface area contributed by atoms with Gasteiger partial charge in [-0.05, 0) is 77.8 Å². The second-order valence-electron chi connectivity index (χ2n) is 8.18. The van der Waals surface area contributed by atoms with Crippen LogP contribution in [-0.4, -0.2) is 35.1 Å². The Bertz CT molecular complexity index is 1410. The zero-order valence-corrected chi connectivity index (χ0v) is 21.0. The van der Waals surface area contributed by atoms with Gasteiger partial charge < -0.3 is 14.6 Å². The van der Waals surface area contributed by atoms with Crippen molar-refractivity contribution < 1.29 is 29.0 Å². The molecule has 1 aliphatic heterocycles. The highest BCUT2D eigenvalue weighted by atomic mass is 32.1. The van der Waals surface area contributed by atoms with Crippen LogP contribution in [0.1, 0.15) is 34.0 Å². The Labute approximate surface area is 219 Å². The number of carboxylic acids is 1. The average molecular weight is 517 g/mol. The number of ether oxygens (including phenoxy) is 2. The van der Waals surface area contributed by atoms with Gasteiger partial charge in [0.1, 0.15) is 12.2 Å². The number of thiocarbonyl (C=S) groups is 1. The number of aryl methyl sites for hydroxylation is 1. The number of anilines is 1. The SMILES string of the molecule is CCc1ccc(N2C(=O)C(=Cc3ccc(OCc4cccc(C(=O)O)c4)c(OC)c3)C(=O)NC2=S)cc1. The monoisotopic (exact) mass is 516 g/mol. The lowest BCUT2D eigenvalue weighted by atomic mass is 10.1. The molecule has 0 unspecified atom stereocenters. The maximum Gasteiger partial charge on any atom is 0.335 e. The van der Waals surface area contributed by atoms with Crippen LogP contribution in [-0.2, 0) is 22.6 Å². The molecule has 8 nitrogen and oxygen atoms in total. The number of nitrogens with one attached hydrogen (secondary N) is 1. The smallest absolute Gasteiger partial charge is 0.335 e. The van der Waals surface area contributed by atoms with Crippen LogP contribution in [0.25, 0.3) is 6.08 Å². The van der Waals surface area contributed by atoms with Crippen LogP contribution >= 0.6 is 12.2 Å². The summed E-state index contributed by atoms with van der Waals surface area (Å²) in [7, 11) is 1.47. The van der Waals surface area contributed by atoms with Crippen LogP contribution in [0.4, 0.5) is 5.69 Å². The van der Waals surface area contributed by atoms with Crippen LogP contribution < -0.4 is 19.7 Å². The van der Waals surface area contributed by atoms with E-state index in [2.05, 4.69) is 5.32 Å². The summed E-state index contributed by atoms with van der Waals surface area (Å²) in [6.07, 6.45) is 2.33. The second-order valence-corrected chi connectivity index (χ2v) is 8.57. The van der Waals surface area contributed by atoms with Crippen LogP contribution in [0, 0.1) is 0 Å². The molecule has 1 aliphatic rings. The van der Waals surface area contributed by atoms with Gasteiger partial charge in [-0.25, -0.2) is 4.79 Å². The molecule has 3 aromatic rings. The first-order valence-corrected chi connectivity index (χ1v) is 11.8. The molecule has 188 valence electrons. The van der Waals surface area contributed by atoms with E-state index in [1.54, 1.807) is 42.5 Å². The van der Waals surface area contributed by atoms with Crippen molar-refractivity contribution in [3.63, 3.8) is 0 Å². The van der Waals surface area contributed by atoms with Gasteiger partial charge in [0.05, 0.1) is 18.4 Å². The third-order valence-electron chi connectivity index (χ3n) is 5.77. The molecule has 0 aromatic heterocycles. The number of aromatic carboxylic acids is 1. The summed E-state index contributed by atoms with van der Waals surface area (Å²) in [4.78, 5) is 38.4. The maximum absolute atomic E-state index is 13.3. The summed E-state index contributed by atoms with van der Waals surface area (Å²) in [5.74, 6) is -1.33. The summed E-state index contributed by atoms with van der Waals surface area (Å²) >= 11 is 5.27. The lowest BCUT2D eigenvalue weighted by Crippen LogP contribution is -2.54. The van der Waals surface area contributed by atoms with E-state index in [9.17, 15) is 14.4 Å². The van der Waals surface area contributed by atoms with E-state index in [-0.39, 0.29) is 22.9 Å². The predicted octanol–water partition coefficient (Wildman–Crippen LogP) is 4.37. The van der Waals surface area contributed by atoms with E-state index < -0.39 is 17.8 Å². The molecule has 0 aliphatic carbocycles. The molecule has 0 spiro atoms. The summed E-state index contributed by atoms with van der Waals surface area (Å²) < 4.78 is 11.3. The third-order valence-corrected chi connectivity index (χ3v) is 6.06. The fraction of sp³-hybridized carbons (Fsp3) is 0.143. The summed E-state index contributed by atoms with van der Waals surface area (Å²) in [5.41, 5.74) is 2.99. The number of carbonyl (C=O) groups excluding carboxylic acids is 2. The number of carbonyl (C=O) groups is 3. The van der Waals surface area contributed by atoms with E-state index in [4.69, 9.17) is 26.8 Å². The molecule has 1 heterocycles. The van der Waals surface area contributed by atoms with Gasteiger partial charge in [-0.1, -0.05) is 37.3 Å². The fourth-order valence-electron chi connectivity index (χ4n) is 3.79. The predicted molar refractivity (Wildman–Crippen MR) is 143 cm³/mol. The molecule has 0 radical (unpaired) electrons. The van der Waals surface area contributed by atoms with Crippen LogP contribution in [0.5, 0.6) is 11.5 Å². The number of hydrogen-bond acceptors (Lipinski definition) is 6. The first-order chi connectivity index (χ1) is 17.8. The molecule has 4 rings (SSSR count). The van der Waals surface area contributed by atoms with Crippen molar-refractivity contribution in [2.45, 2.75) is 20.0 Å². The van der Waals surface area contributed by atoms with Crippen LogP contribution in [0.3, 0.4) is 0 Å². The van der Waals surface area contributed by atoms with E-state index in [1.807, 2.05) is 19.1 Å². The highest BCUT2D eigenvalue weighted by Gasteiger charge is 2.34. The van der Waals surface area contributed by atoms with Gasteiger partial charge in [0.25, 0.3) is 11.8 Å². The summed E-state index contributed by atoms with van der Waals surface area (Å²) in [5, 5.41) is 11.8. The molecule has 37 heavy (non-hydrogen) atoms. The van der Waals surface area contributed by atoms with Crippen molar-refractivity contribution in [1.82, 2.24) is 5.32 Å². The number of rotatable bonds is 8. The number of methoxy groups -OCH3 is 1. The van der Waals surface area contributed by atoms with Gasteiger partial charge >= 0.3 is 5.97 Å². The number of nitrogens with zero attached hydrogens (tertiary/aromatic N) is 1. The Morgan fingerprint density at radius 3 is 2.46 bits per heavy atom. The number of hydrogen-bond donors (Lipinski definition) is 2. The highest BCUT2D eigenvalue weighted by Crippen LogP contribution is 2.30. The molecule has 1 fully saturated rings. The zero-order chi connectivity index (χ0) is 26.5. The maximum atomic E-state index is 13.3. The molecule has 2 N–H and O–H groups in total. The van der Waals surface area contributed by atoms with Gasteiger partial charge in [-0.2, -0.15) is 0 Å². The molecule has 3 aromatic carbocycles. The van der Waals surface area contributed by atoms with E-state index >= 15 is 0 Å². The van der Waals surface area contributed by atoms with Gasteiger partial charge in [-0.3, -0.25) is 19.8 Å². The van der Waals surface area contributed by atoms with Crippen molar-refractivity contribution in [1.29, 1.82) is 0 Å². The summed E-state index contributed by atoms with van der Waals surface area (Å²) in [6, 6.07) is 18.8. The Hall–Kier alpha value is -4.50. The topological polar surface area (TPSA) is 105 Å². The Balaban J connectivity index is 1.57. The largest absolute Gasteiger partial charge is 0.493 e. The number of carboxylic acid groups (broad SMARTS) is 1. The van der Waals surface area contributed by atoms with Crippen molar-refractivity contribution in [2.24, 2.45) is 0 Å². The van der Waals surface area contributed by atoms with Crippen LogP contribution in [0.2, 0.25) is 0 Å². The quantitative estimate of drug-likeness (QED) is 0.260. The van der Waals surface area contributed by atoms with E-state index in [1.165, 1.54) is 30.2 Å². The molecule has 1 saturated heterocycles. The molecular formula is C28H24N2O6S. The van der Waals surface area contributed by atoms with Gasteiger partial charge in [-0.15, -0.1) is 0 Å². The van der Waals surface area contributed by atoms with Crippen molar-refractivity contribution in [3.05, 3.63) is 94.6 Å².